The third kappa shape index (κ3) is 4.39. The number of carbonyl (C=O) groups is 2. The Kier molecular flexibility index (Phi) is 5.97. The highest BCUT2D eigenvalue weighted by atomic mass is 32.1. The van der Waals surface area contributed by atoms with E-state index in [1.165, 1.54) is 11.3 Å². The molecule has 2 aromatic rings. The van der Waals surface area contributed by atoms with Gasteiger partial charge in [-0.25, -0.2) is 5.01 Å². The number of anilines is 1. The molecule has 1 aliphatic carbocycles. The molecule has 0 atom stereocenters. The van der Waals surface area contributed by atoms with Gasteiger partial charge in [0.2, 0.25) is 0 Å². The zero-order valence-corrected chi connectivity index (χ0v) is 17.3. The highest BCUT2D eigenvalue weighted by Crippen LogP contribution is 2.37. The summed E-state index contributed by atoms with van der Waals surface area (Å²) in [4.78, 5) is 27.0. The molecular formula is C21H27N3O2S. The van der Waals surface area contributed by atoms with Crippen molar-refractivity contribution in [1.29, 1.82) is 0 Å². The van der Waals surface area contributed by atoms with Crippen LogP contribution in [-0.4, -0.2) is 30.9 Å². The average Bonchev–Trinajstić information content (AvgIpc) is 2.77. The molecule has 0 spiro atoms. The molecular weight excluding hydrogens is 358 g/mol. The molecule has 0 saturated carbocycles. The van der Waals surface area contributed by atoms with Gasteiger partial charge in [-0.2, -0.15) is 0 Å². The van der Waals surface area contributed by atoms with Crippen molar-refractivity contribution < 1.29 is 9.59 Å². The molecule has 2 amide bonds. The van der Waals surface area contributed by atoms with E-state index in [2.05, 4.69) is 10.7 Å². The first-order valence-electron chi connectivity index (χ1n) is 9.38. The van der Waals surface area contributed by atoms with Crippen molar-refractivity contribution >= 4 is 28.2 Å². The van der Waals surface area contributed by atoms with Crippen molar-refractivity contribution in [2.45, 2.75) is 46.0 Å². The van der Waals surface area contributed by atoms with Gasteiger partial charge in [-0.1, -0.05) is 24.1 Å². The van der Waals surface area contributed by atoms with Gasteiger partial charge in [0.25, 0.3) is 11.8 Å². The summed E-state index contributed by atoms with van der Waals surface area (Å²) < 4.78 is 0. The fourth-order valence-corrected chi connectivity index (χ4v) is 4.76. The van der Waals surface area contributed by atoms with Crippen molar-refractivity contribution in [2.24, 2.45) is 0 Å². The second-order valence-corrected chi connectivity index (χ2v) is 8.48. The Morgan fingerprint density at radius 2 is 1.78 bits per heavy atom. The Hall–Kier alpha value is -2.18. The van der Waals surface area contributed by atoms with Gasteiger partial charge in [-0.3, -0.25) is 15.0 Å². The third-order valence-corrected chi connectivity index (χ3v) is 6.05. The molecule has 1 heterocycles. The predicted octanol–water partition coefficient (Wildman–Crippen LogP) is 4.09. The molecule has 1 aliphatic rings. The van der Waals surface area contributed by atoms with Crippen LogP contribution in [-0.2, 0) is 12.8 Å². The molecule has 0 radical (unpaired) electrons. The van der Waals surface area contributed by atoms with Crippen molar-refractivity contribution in [3.8, 4) is 0 Å². The summed E-state index contributed by atoms with van der Waals surface area (Å²) in [6.07, 6.45) is 5.26. The van der Waals surface area contributed by atoms with E-state index < -0.39 is 0 Å². The molecule has 0 aliphatic heterocycles. The summed E-state index contributed by atoms with van der Waals surface area (Å²) in [5.41, 5.74) is 7.19. The lowest BCUT2D eigenvalue weighted by Gasteiger charge is -2.14. The lowest BCUT2D eigenvalue weighted by atomic mass is 10.0. The molecule has 3 rings (SSSR count). The van der Waals surface area contributed by atoms with Gasteiger partial charge in [-0.05, 0) is 56.7 Å². The second kappa shape index (κ2) is 8.23. The first kappa shape index (κ1) is 19.6. The first-order chi connectivity index (χ1) is 12.9. The summed E-state index contributed by atoms with van der Waals surface area (Å²) in [6.45, 7) is 3.90. The van der Waals surface area contributed by atoms with Crippen LogP contribution < -0.4 is 10.7 Å². The molecule has 6 heteroatoms. The first-order valence-corrected chi connectivity index (χ1v) is 10.2. The molecule has 0 bridgehead atoms. The summed E-state index contributed by atoms with van der Waals surface area (Å²) >= 11 is 1.55. The van der Waals surface area contributed by atoms with Gasteiger partial charge in [0.15, 0.2) is 0 Å². The number of hydrazine groups is 1. The van der Waals surface area contributed by atoms with E-state index in [0.717, 1.165) is 42.4 Å². The quantitative estimate of drug-likeness (QED) is 0.615. The largest absolute Gasteiger partial charge is 0.313 e. The van der Waals surface area contributed by atoms with Gasteiger partial charge < -0.3 is 5.32 Å². The standard InChI is InChI=1S/C21H27N3O2S/c1-13-10-11-14(2)16(12-13)19(25)22-21-18(20(26)23-24(3)4)15-8-6-5-7-9-17(15)27-21/h10-12H,5-9H2,1-4H3,(H,22,25)(H,23,26). The van der Waals surface area contributed by atoms with Crippen LogP contribution in [0.2, 0.25) is 0 Å². The van der Waals surface area contributed by atoms with Crippen LogP contribution >= 0.6 is 11.3 Å². The number of hydrogen-bond acceptors (Lipinski definition) is 4. The van der Waals surface area contributed by atoms with E-state index in [0.29, 0.717) is 16.1 Å². The predicted molar refractivity (Wildman–Crippen MR) is 111 cm³/mol. The third-order valence-electron chi connectivity index (χ3n) is 4.84. The highest BCUT2D eigenvalue weighted by molar-refractivity contribution is 7.17. The Labute approximate surface area is 164 Å². The van der Waals surface area contributed by atoms with E-state index >= 15 is 0 Å². The van der Waals surface area contributed by atoms with Crippen LogP contribution in [0.25, 0.3) is 0 Å². The normalized spacial score (nSPS) is 13.8. The number of nitrogens with one attached hydrogen (secondary N) is 2. The van der Waals surface area contributed by atoms with Gasteiger partial charge in [0.05, 0.1) is 5.56 Å². The number of thiophene rings is 1. The van der Waals surface area contributed by atoms with Gasteiger partial charge in [-0.15, -0.1) is 11.3 Å². The molecule has 27 heavy (non-hydrogen) atoms. The Balaban J connectivity index is 1.97. The molecule has 144 valence electrons. The summed E-state index contributed by atoms with van der Waals surface area (Å²) in [5.74, 6) is -0.317. The zero-order valence-electron chi connectivity index (χ0n) is 16.4. The summed E-state index contributed by atoms with van der Waals surface area (Å²) in [6, 6.07) is 5.84. The molecule has 0 fully saturated rings. The topological polar surface area (TPSA) is 61.4 Å². The van der Waals surface area contributed by atoms with Gasteiger partial charge in [0, 0.05) is 24.5 Å². The van der Waals surface area contributed by atoms with Crippen LogP contribution in [0, 0.1) is 13.8 Å². The fraction of sp³-hybridized carbons (Fsp3) is 0.429. The molecule has 0 unspecified atom stereocenters. The molecule has 2 N–H and O–H groups in total. The monoisotopic (exact) mass is 385 g/mol. The van der Waals surface area contributed by atoms with Crippen molar-refractivity contribution in [2.75, 3.05) is 19.4 Å². The summed E-state index contributed by atoms with van der Waals surface area (Å²) in [7, 11) is 3.58. The zero-order chi connectivity index (χ0) is 19.6. The Morgan fingerprint density at radius 1 is 1.04 bits per heavy atom. The van der Waals surface area contributed by atoms with E-state index in [9.17, 15) is 9.59 Å². The molecule has 1 aromatic carbocycles. The second-order valence-electron chi connectivity index (χ2n) is 7.38. The van der Waals surface area contributed by atoms with Crippen LogP contribution in [0.15, 0.2) is 18.2 Å². The lowest BCUT2D eigenvalue weighted by molar-refractivity contribution is 0.0857. The molecule has 1 aromatic heterocycles. The maximum Gasteiger partial charge on any atom is 0.268 e. The van der Waals surface area contributed by atoms with Crippen molar-refractivity contribution in [3.63, 3.8) is 0 Å². The number of fused-ring (bicyclic) bond motifs is 1. The number of benzene rings is 1. The van der Waals surface area contributed by atoms with Crippen molar-refractivity contribution in [1.82, 2.24) is 10.4 Å². The lowest BCUT2D eigenvalue weighted by Crippen LogP contribution is -2.36. The maximum atomic E-state index is 12.9. The maximum absolute atomic E-state index is 12.9. The SMILES string of the molecule is Cc1ccc(C)c(C(=O)Nc2sc3c(c2C(=O)NN(C)C)CCCCC3)c1. The minimum Gasteiger partial charge on any atom is -0.313 e. The van der Waals surface area contributed by atoms with E-state index in [4.69, 9.17) is 0 Å². The number of carbonyl (C=O) groups excluding carboxylic acids is 2. The number of amides is 2. The average molecular weight is 386 g/mol. The highest BCUT2D eigenvalue weighted by Gasteiger charge is 2.26. The molecule has 0 saturated heterocycles. The number of rotatable bonds is 4. The smallest absolute Gasteiger partial charge is 0.268 e. The number of aryl methyl sites for hydroxylation is 3. The fourth-order valence-electron chi connectivity index (χ4n) is 3.48. The van der Waals surface area contributed by atoms with Crippen LogP contribution in [0.4, 0.5) is 5.00 Å². The number of nitrogens with zero attached hydrogens (tertiary/aromatic N) is 1. The van der Waals surface area contributed by atoms with Crippen molar-refractivity contribution in [3.05, 3.63) is 50.9 Å². The Bertz CT molecular complexity index is 871. The van der Waals surface area contributed by atoms with Crippen LogP contribution in [0.1, 0.15) is 61.5 Å². The summed E-state index contributed by atoms with van der Waals surface area (Å²) in [5, 5.41) is 5.32. The number of hydrogen-bond donors (Lipinski definition) is 2. The minimum atomic E-state index is -0.161. The minimum absolute atomic E-state index is 0.157. The van der Waals surface area contributed by atoms with Gasteiger partial charge >= 0.3 is 0 Å². The van der Waals surface area contributed by atoms with E-state index in [1.54, 1.807) is 30.4 Å². The van der Waals surface area contributed by atoms with Crippen LogP contribution in [0.5, 0.6) is 0 Å². The molecule has 5 nitrogen and oxygen atoms in total. The van der Waals surface area contributed by atoms with Crippen LogP contribution in [0.3, 0.4) is 0 Å². The van der Waals surface area contributed by atoms with E-state index in [1.807, 2.05) is 32.0 Å². The Morgan fingerprint density at radius 3 is 2.52 bits per heavy atom. The van der Waals surface area contributed by atoms with E-state index in [-0.39, 0.29) is 11.8 Å². The van der Waals surface area contributed by atoms with Gasteiger partial charge in [0.1, 0.15) is 5.00 Å².